The molecule has 2 aromatic rings. The molecule has 2 rings (SSSR count). The molecule has 2 heteroatoms. The lowest BCUT2D eigenvalue weighted by Gasteiger charge is -2.09. The van der Waals surface area contributed by atoms with E-state index in [-0.39, 0.29) is 0 Å². The Balaban J connectivity index is 2.10. The van der Waals surface area contributed by atoms with Crippen LogP contribution in [0.15, 0.2) is 42.5 Å². The maximum atomic E-state index is 5.81. The third kappa shape index (κ3) is 3.04. The molecule has 2 nitrogen and oxygen atoms in total. The van der Waals surface area contributed by atoms with Gasteiger partial charge in [0.15, 0.2) is 0 Å². The first-order valence-corrected chi connectivity index (χ1v) is 6.41. The fraction of sp³-hybridized carbons (Fsp3) is 0.250. The summed E-state index contributed by atoms with van der Waals surface area (Å²) in [6.45, 7) is 4.22. The van der Waals surface area contributed by atoms with Gasteiger partial charge < -0.3 is 11.1 Å². The average Bonchev–Trinajstić information content (AvgIpc) is 2.37. The van der Waals surface area contributed by atoms with E-state index >= 15 is 0 Å². The molecular weight excluding hydrogens is 220 g/mol. The average molecular weight is 240 g/mol. The van der Waals surface area contributed by atoms with Gasteiger partial charge in [0.2, 0.25) is 0 Å². The van der Waals surface area contributed by atoms with E-state index in [9.17, 15) is 0 Å². The highest BCUT2D eigenvalue weighted by Gasteiger charge is 1.98. The summed E-state index contributed by atoms with van der Waals surface area (Å²) in [6.07, 6.45) is 2.32. The molecule has 3 N–H and O–H groups in total. The summed E-state index contributed by atoms with van der Waals surface area (Å²) in [7, 11) is 0. The van der Waals surface area contributed by atoms with Crippen LogP contribution in [-0.4, -0.2) is 0 Å². The Bertz CT molecular complexity index is 515. The van der Waals surface area contributed by atoms with E-state index < -0.39 is 0 Å². The van der Waals surface area contributed by atoms with E-state index in [1.807, 2.05) is 19.1 Å². The second-order valence-electron chi connectivity index (χ2n) is 4.64. The first-order chi connectivity index (χ1) is 8.69. The van der Waals surface area contributed by atoms with Gasteiger partial charge in [-0.15, -0.1) is 0 Å². The van der Waals surface area contributed by atoms with E-state index in [4.69, 9.17) is 5.73 Å². The van der Waals surface area contributed by atoms with E-state index in [2.05, 4.69) is 42.6 Å². The summed E-state index contributed by atoms with van der Waals surface area (Å²) >= 11 is 0. The molecule has 0 aliphatic rings. The lowest BCUT2D eigenvalue weighted by atomic mass is 10.1. The highest BCUT2D eigenvalue weighted by molar-refractivity contribution is 5.64. The van der Waals surface area contributed by atoms with Crippen LogP contribution in [0.3, 0.4) is 0 Å². The molecule has 94 valence electrons. The molecular formula is C16H20N2. The van der Waals surface area contributed by atoms with Gasteiger partial charge in [-0.1, -0.05) is 25.5 Å². The van der Waals surface area contributed by atoms with Crippen molar-refractivity contribution in [2.75, 3.05) is 11.1 Å². The smallest absolute Gasteiger partial charge is 0.0388 e. The SMILES string of the molecule is CCCc1ccc(Nc2ccc(N)c(C)c2)cc1. The quantitative estimate of drug-likeness (QED) is 0.783. The molecule has 0 saturated heterocycles. The van der Waals surface area contributed by atoms with Crippen LogP contribution in [0.2, 0.25) is 0 Å². The van der Waals surface area contributed by atoms with Crippen molar-refractivity contribution in [2.45, 2.75) is 26.7 Å². The number of hydrogen-bond acceptors (Lipinski definition) is 2. The van der Waals surface area contributed by atoms with Crippen LogP contribution in [0.1, 0.15) is 24.5 Å². The van der Waals surface area contributed by atoms with Gasteiger partial charge in [0, 0.05) is 17.1 Å². The van der Waals surface area contributed by atoms with Crippen molar-refractivity contribution >= 4 is 17.1 Å². The Kier molecular flexibility index (Phi) is 3.88. The lowest BCUT2D eigenvalue weighted by molar-refractivity contribution is 0.922. The largest absolute Gasteiger partial charge is 0.399 e. The molecule has 0 aliphatic heterocycles. The topological polar surface area (TPSA) is 38.0 Å². The van der Waals surface area contributed by atoms with Gasteiger partial charge in [0.05, 0.1) is 0 Å². The highest BCUT2D eigenvalue weighted by Crippen LogP contribution is 2.21. The second kappa shape index (κ2) is 5.58. The Morgan fingerprint density at radius 1 is 1.00 bits per heavy atom. The number of anilines is 3. The predicted octanol–water partition coefficient (Wildman–Crippen LogP) is 4.27. The van der Waals surface area contributed by atoms with Crippen LogP contribution in [0, 0.1) is 6.92 Å². The lowest BCUT2D eigenvalue weighted by Crippen LogP contribution is -1.94. The summed E-state index contributed by atoms with van der Waals surface area (Å²) in [5, 5.41) is 3.39. The fourth-order valence-electron chi connectivity index (χ4n) is 1.96. The normalized spacial score (nSPS) is 10.3. The second-order valence-corrected chi connectivity index (χ2v) is 4.64. The molecule has 18 heavy (non-hydrogen) atoms. The summed E-state index contributed by atoms with van der Waals surface area (Å²) < 4.78 is 0. The number of hydrogen-bond donors (Lipinski definition) is 2. The molecule has 0 fully saturated rings. The monoisotopic (exact) mass is 240 g/mol. The first kappa shape index (κ1) is 12.5. The molecule has 0 saturated carbocycles. The van der Waals surface area contributed by atoms with Gasteiger partial charge in [0.1, 0.15) is 0 Å². The Labute approximate surface area is 109 Å². The van der Waals surface area contributed by atoms with Crippen LogP contribution in [0.5, 0.6) is 0 Å². The van der Waals surface area contributed by atoms with Crippen LogP contribution in [-0.2, 0) is 6.42 Å². The zero-order chi connectivity index (χ0) is 13.0. The third-order valence-corrected chi connectivity index (χ3v) is 3.05. The number of rotatable bonds is 4. The molecule has 0 bridgehead atoms. The van der Waals surface area contributed by atoms with Crippen molar-refractivity contribution in [3.63, 3.8) is 0 Å². The van der Waals surface area contributed by atoms with Gasteiger partial charge in [-0.3, -0.25) is 0 Å². The van der Waals surface area contributed by atoms with Crippen molar-refractivity contribution in [1.82, 2.24) is 0 Å². The molecule has 0 aromatic heterocycles. The molecule has 0 heterocycles. The molecule has 0 amide bonds. The minimum Gasteiger partial charge on any atom is -0.399 e. The van der Waals surface area contributed by atoms with Crippen molar-refractivity contribution in [3.8, 4) is 0 Å². The number of benzene rings is 2. The molecule has 0 aliphatic carbocycles. The summed E-state index contributed by atoms with van der Waals surface area (Å²) in [5.74, 6) is 0. The highest BCUT2D eigenvalue weighted by atomic mass is 14.9. The Morgan fingerprint density at radius 3 is 2.28 bits per heavy atom. The van der Waals surface area contributed by atoms with Crippen LogP contribution in [0.25, 0.3) is 0 Å². The number of aryl methyl sites for hydroxylation is 2. The number of nitrogens with two attached hydrogens (primary N) is 1. The minimum atomic E-state index is 0.832. The van der Waals surface area contributed by atoms with Gasteiger partial charge in [0.25, 0.3) is 0 Å². The van der Waals surface area contributed by atoms with Crippen LogP contribution >= 0.6 is 0 Å². The van der Waals surface area contributed by atoms with Crippen LogP contribution < -0.4 is 11.1 Å². The van der Waals surface area contributed by atoms with Crippen molar-refractivity contribution in [2.24, 2.45) is 0 Å². The van der Waals surface area contributed by atoms with Gasteiger partial charge in [-0.25, -0.2) is 0 Å². The Morgan fingerprint density at radius 2 is 1.67 bits per heavy atom. The van der Waals surface area contributed by atoms with Crippen molar-refractivity contribution in [1.29, 1.82) is 0 Å². The van der Waals surface area contributed by atoms with E-state index in [1.54, 1.807) is 0 Å². The molecule has 0 atom stereocenters. The zero-order valence-corrected chi connectivity index (χ0v) is 11.0. The van der Waals surface area contributed by atoms with E-state index in [1.165, 1.54) is 12.0 Å². The van der Waals surface area contributed by atoms with Crippen molar-refractivity contribution in [3.05, 3.63) is 53.6 Å². The van der Waals surface area contributed by atoms with E-state index in [0.29, 0.717) is 0 Å². The number of nitrogen functional groups attached to an aromatic ring is 1. The molecule has 0 radical (unpaired) electrons. The number of nitrogens with one attached hydrogen (secondary N) is 1. The summed E-state index contributed by atoms with van der Waals surface area (Å²) in [5.41, 5.74) is 11.3. The van der Waals surface area contributed by atoms with Gasteiger partial charge in [-0.05, 0) is 54.8 Å². The van der Waals surface area contributed by atoms with E-state index in [0.717, 1.165) is 29.0 Å². The predicted molar refractivity (Wildman–Crippen MR) is 79.3 cm³/mol. The standard InChI is InChI=1S/C16H20N2/c1-3-4-13-5-7-14(8-6-13)18-15-9-10-16(17)12(2)11-15/h5-11,18H,3-4,17H2,1-2H3. The molecule has 2 aromatic carbocycles. The summed E-state index contributed by atoms with van der Waals surface area (Å²) in [6, 6.07) is 14.6. The Hall–Kier alpha value is -1.96. The third-order valence-electron chi connectivity index (χ3n) is 3.05. The maximum Gasteiger partial charge on any atom is 0.0388 e. The maximum absolute atomic E-state index is 5.81. The van der Waals surface area contributed by atoms with Crippen LogP contribution in [0.4, 0.5) is 17.1 Å². The van der Waals surface area contributed by atoms with Gasteiger partial charge in [-0.2, -0.15) is 0 Å². The molecule has 0 unspecified atom stereocenters. The zero-order valence-electron chi connectivity index (χ0n) is 11.0. The summed E-state index contributed by atoms with van der Waals surface area (Å²) in [4.78, 5) is 0. The fourth-order valence-corrected chi connectivity index (χ4v) is 1.96. The minimum absolute atomic E-state index is 0.832. The molecule has 0 spiro atoms. The van der Waals surface area contributed by atoms with Gasteiger partial charge >= 0.3 is 0 Å². The first-order valence-electron chi connectivity index (χ1n) is 6.41. The van der Waals surface area contributed by atoms with Crippen molar-refractivity contribution < 1.29 is 0 Å².